The summed E-state index contributed by atoms with van der Waals surface area (Å²) in [5, 5.41) is 0.588. The van der Waals surface area contributed by atoms with Crippen LogP contribution in [0.4, 0.5) is 5.69 Å². The molecule has 1 aliphatic heterocycles. The SMILES string of the molecule is COc1cc(Cl)c(C)cc1N(CCC(=O)N1CCCCCC1)C(C)=O. The maximum absolute atomic E-state index is 12.5. The van der Waals surface area contributed by atoms with Crippen LogP contribution < -0.4 is 9.64 Å². The number of carbonyl (C=O) groups is 2. The molecule has 0 aliphatic carbocycles. The van der Waals surface area contributed by atoms with Gasteiger partial charge in [0.05, 0.1) is 12.8 Å². The van der Waals surface area contributed by atoms with Crippen molar-refractivity contribution in [1.82, 2.24) is 4.90 Å². The number of benzene rings is 1. The van der Waals surface area contributed by atoms with E-state index in [1.807, 2.05) is 17.9 Å². The van der Waals surface area contributed by atoms with Crippen molar-refractivity contribution in [3.8, 4) is 5.75 Å². The van der Waals surface area contributed by atoms with Crippen molar-refractivity contribution >= 4 is 29.1 Å². The summed E-state index contributed by atoms with van der Waals surface area (Å²) >= 11 is 6.15. The molecule has 1 saturated heterocycles. The molecule has 138 valence electrons. The van der Waals surface area contributed by atoms with E-state index in [0.717, 1.165) is 31.5 Å². The summed E-state index contributed by atoms with van der Waals surface area (Å²) in [5.41, 5.74) is 1.52. The molecule has 0 radical (unpaired) electrons. The van der Waals surface area contributed by atoms with Crippen molar-refractivity contribution in [2.75, 3.05) is 31.6 Å². The first kappa shape index (κ1) is 19.6. The van der Waals surface area contributed by atoms with E-state index < -0.39 is 0 Å². The summed E-state index contributed by atoms with van der Waals surface area (Å²) in [6.45, 7) is 5.36. The summed E-state index contributed by atoms with van der Waals surface area (Å²) in [6.07, 6.45) is 4.80. The predicted octanol–water partition coefficient (Wildman–Crippen LogP) is 3.80. The molecular formula is C19H27ClN2O3. The molecule has 1 fully saturated rings. The predicted molar refractivity (Wildman–Crippen MR) is 100 cm³/mol. The monoisotopic (exact) mass is 366 g/mol. The second-order valence-electron chi connectivity index (χ2n) is 6.49. The molecular weight excluding hydrogens is 340 g/mol. The molecule has 2 amide bonds. The Kier molecular flexibility index (Phi) is 7.12. The van der Waals surface area contributed by atoms with Gasteiger partial charge < -0.3 is 14.5 Å². The van der Waals surface area contributed by atoms with Gasteiger partial charge in [-0.1, -0.05) is 24.4 Å². The molecule has 1 aromatic rings. The minimum atomic E-state index is -0.122. The van der Waals surface area contributed by atoms with Crippen LogP contribution in [-0.4, -0.2) is 43.5 Å². The van der Waals surface area contributed by atoms with E-state index in [-0.39, 0.29) is 11.8 Å². The van der Waals surface area contributed by atoms with Crippen LogP contribution >= 0.6 is 11.6 Å². The van der Waals surface area contributed by atoms with Crippen LogP contribution in [0.2, 0.25) is 5.02 Å². The number of halogens is 1. The number of anilines is 1. The van der Waals surface area contributed by atoms with E-state index in [1.165, 1.54) is 19.8 Å². The fraction of sp³-hybridized carbons (Fsp3) is 0.579. The minimum Gasteiger partial charge on any atom is -0.495 e. The highest BCUT2D eigenvalue weighted by molar-refractivity contribution is 6.31. The lowest BCUT2D eigenvalue weighted by Crippen LogP contribution is -2.37. The number of rotatable bonds is 5. The molecule has 2 rings (SSSR count). The van der Waals surface area contributed by atoms with Gasteiger partial charge in [-0.2, -0.15) is 0 Å². The first-order valence-corrected chi connectivity index (χ1v) is 9.22. The molecule has 0 spiro atoms. The molecule has 1 aliphatic rings. The first-order chi connectivity index (χ1) is 11.9. The summed E-state index contributed by atoms with van der Waals surface area (Å²) in [4.78, 5) is 28.2. The van der Waals surface area contributed by atoms with E-state index in [1.54, 1.807) is 18.1 Å². The molecule has 0 aromatic heterocycles. The van der Waals surface area contributed by atoms with Gasteiger partial charge in [0.25, 0.3) is 0 Å². The Morgan fingerprint density at radius 3 is 2.40 bits per heavy atom. The van der Waals surface area contributed by atoms with Crippen LogP contribution in [0.15, 0.2) is 12.1 Å². The molecule has 5 nitrogen and oxygen atoms in total. The lowest BCUT2D eigenvalue weighted by molar-refractivity contribution is -0.131. The second-order valence-corrected chi connectivity index (χ2v) is 6.90. The lowest BCUT2D eigenvalue weighted by atomic mass is 10.1. The highest BCUT2D eigenvalue weighted by atomic mass is 35.5. The van der Waals surface area contributed by atoms with Gasteiger partial charge in [-0.25, -0.2) is 0 Å². The van der Waals surface area contributed by atoms with Crippen molar-refractivity contribution in [3.63, 3.8) is 0 Å². The van der Waals surface area contributed by atoms with Crippen molar-refractivity contribution < 1.29 is 14.3 Å². The molecule has 0 bridgehead atoms. The van der Waals surface area contributed by atoms with Crippen LogP contribution in [0.25, 0.3) is 0 Å². The zero-order valence-electron chi connectivity index (χ0n) is 15.3. The number of carbonyl (C=O) groups excluding carboxylic acids is 2. The number of methoxy groups -OCH3 is 1. The topological polar surface area (TPSA) is 49.9 Å². The Balaban J connectivity index is 2.12. The quantitative estimate of drug-likeness (QED) is 0.796. The molecule has 0 saturated carbocycles. The molecule has 0 N–H and O–H groups in total. The third kappa shape index (κ3) is 5.11. The Labute approximate surface area is 154 Å². The number of amides is 2. The van der Waals surface area contributed by atoms with E-state index >= 15 is 0 Å². The van der Waals surface area contributed by atoms with Crippen LogP contribution in [0.5, 0.6) is 5.75 Å². The van der Waals surface area contributed by atoms with Gasteiger partial charge in [0, 0.05) is 44.1 Å². The summed E-state index contributed by atoms with van der Waals surface area (Å²) in [6, 6.07) is 3.54. The second kappa shape index (κ2) is 9.09. The van der Waals surface area contributed by atoms with Crippen molar-refractivity contribution in [2.24, 2.45) is 0 Å². The first-order valence-electron chi connectivity index (χ1n) is 8.84. The van der Waals surface area contributed by atoms with Gasteiger partial charge >= 0.3 is 0 Å². The summed E-state index contributed by atoms with van der Waals surface area (Å²) in [7, 11) is 1.55. The van der Waals surface area contributed by atoms with E-state index in [4.69, 9.17) is 16.3 Å². The minimum absolute atomic E-state index is 0.109. The Morgan fingerprint density at radius 1 is 1.20 bits per heavy atom. The fourth-order valence-electron chi connectivity index (χ4n) is 3.16. The number of nitrogens with zero attached hydrogens (tertiary/aromatic N) is 2. The Morgan fingerprint density at radius 2 is 1.84 bits per heavy atom. The molecule has 6 heteroatoms. The largest absolute Gasteiger partial charge is 0.495 e. The van der Waals surface area contributed by atoms with Gasteiger partial charge in [0.15, 0.2) is 0 Å². The standard InChI is InChI=1S/C19H27ClN2O3/c1-14-12-17(18(25-3)13-16(14)20)22(15(2)23)11-8-19(24)21-9-6-4-5-7-10-21/h12-13H,4-11H2,1-3H3. The average molecular weight is 367 g/mol. The zero-order chi connectivity index (χ0) is 18.4. The van der Waals surface area contributed by atoms with Gasteiger partial charge in [-0.15, -0.1) is 0 Å². The smallest absolute Gasteiger partial charge is 0.224 e. The molecule has 25 heavy (non-hydrogen) atoms. The number of hydrogen-bond acceptors (Lipinski definition) is 3. The molecule has 0 atom stereocenters. The number of likely N-dealkylation sites (tertiary alicyclic amines) is 1. The number of aryl methyl sites for hydroxylation is 1. The number of ether oxygens (including phenoxy) is 1. The van der Waals surface area contributed by atoms with Gasteiger partial charge in [0.2, 0.25) is 11.8 Å². The summed E-state index contributed by atoms with van der Waals surface area (Å²) < 4.78 is 5.38. The normalized spacial score (nSPS) is 14.8. The third-order valence-corrected chi connectivity index (χ3v) is 5.05. The van der Waals surface area contributed by atoms with Crippen LogP contribution in [0.3, 0.4) is 0 Å². The maximum atomic E-state index is 12.5. The zero-order valence-corrected chi connectivity index (χ0v) is 16.1. The molecule has 1 aromatic carbocycles. The van der Waals surface area contributed by atoms with Crippen LogP contribution in [0.1, 0.15) is 44.6 Å². The van der Waals surface area contributed by atoms with Gasteiger partial charge in [-0.05, 0) is 31.4 Å². The van der Waals surface area contributed by atoms with Crippen molar-refractivity contribution in [1.29, 1.82) is 0 Å². The number of hydrogen-bond donors (Lipinski definition) is 0. The van der Waals surface area contributed by atoms with Crippen LogP contribution in [-0.2, 0) is 9.59 Å². The van der Waals surface area contributed by atoms with Crippen LogP contribution in [0, 0.1) is 6.92 Å². The molecule has 1 heterocycles. The fourth-order valence-corrected chi connectivity index (χ4v) is 3.31. The van der Waals surface area contributed by atoms with E-state index in [0.29, 0.717) is 29.4 Å². The molecule has 0 unspecified atom stereocenters. The average Bonchev–Trinajstić information content (AvgIpc) is 2.86. The third-order valence-electron chi connectivity index (χ3n) is 4.64. The van der Waals surface area contributed by atoms with Crippen molar-refractivity contribution in [2.45, 2.75) is 46.0 Å². The van der Waals surface area contributed by atoms with Crippen molar-refractivity contribution in [3.05, 3.63) is 22.7 Å². The lowest BCUT2D eigenvalue weighted by Gasteiger charge is -2.26. The maximum Gasteiger partial charge on any atom is 0.224 e. The van der Waals surface area contributed by atoms with Gasteiger partial charge in [0.1, 0.15) is 5.75 Å². The Bertz CT molecular complexity index is 625. The highest BCUT2D eigenvalue weighted by Gasteiger charge is 2.21. The van der Waals surface area contributed by atoms with E-state index in [9.17, 15) is 9.59 Å². The Hall–Kier alpha value is -1.75. The van der Waals surface area contributed by atoms with E-state index in [2.05, 4.69) is 0 Å². The van der Waals surface area contributed by atoms with Gasteiger partial charge in [-0.3, -0.25) is 9.59 Å². The summed E-state index contributed by atoms with van der Waals surface area (Å²) in [5.74, 6) is 0.523. The highest BCUT2D eigenvalue weighted by Crippen LogP contribution is 2.34.